The van der Waals surface area contributed by atoms with Crippen LogP contribution in [0.15, 0.2) is 0 Å². The molecular formula is C16H41N6NaO3P+. The molecule has 0 bridgehead atoms. The fourth-order valence-corrected chi connectivity index (χ4v) is 3.19. The van der Waals surface area contributed by atoms with Gasteiger partial charge in [-0.3, -0.25) is 0 Å². The Kier molecular flexibility index (Phi) is 22.3. The zero-order valence-corrected chi connectivity index (χ0v) is 21.4. The Morgan fingerprint density at radius 2 is 1.11 bits per heavy atom. The first kappa shape index (κ1) is 30.0. The molecule has 0 spiro atoms. The molecule has 0 atom stereocenters. The largest absolute Gasteiger partial charge is 1.00 e. The van der Waals surface area contributed by atoms with E-state index in [1.54, 1.807) is 10.3 Å². The van der Waals surface area contributed by atoms with E-state index in [0.29, 0.717) is 13.1 Å². The summed E-state index contributed by atoms with van der Waals surface area (Å²) in [6, 6.07) is 0. The molecule has 2 N–H and O–H groups in total. The molecule has 0 fully saturated rings. The van der Waals surface area contributed by atoms with Crippen LogP contribution in [0.2, 0.25) is 0 Å². The van der Waals surface area contributed by atoms with Crippen molar-refractivity contribution >= 4 is 8.25 Å². The van der Waals surface area contributed by atoms with Crippen LogP contribution in [-0.4, -0.2) is 85.8 Å². The van der Waals surface area contributed by atoms with Crippen molar-refractivity contribution in [2.24, 2.45) is 0 Å². The van der Waals surface area contributed by atoms with Gasteiger partial charge in [0.05, 0.1) is 0 Å². The molecule has 0 aliphatic heterocycles. The third kappa shape index (κ3) is 13.6. The van der Waals surface area contributed by atoms with Gasteiger partial charge in [0.15, 0.2) is 0 Å². The normalized spacial score (nSPS) is 11.6. The van der Waals surface area contributed by atoms with Crippen molar-refractivity contribution in [3.63, 3.8) is 0 Å². The number of nitrogens with zero attached hydrogens (tertiary/aromatic N) is 4. The molecule has 0 aliphatic carbocycles. The van der Waals surface area contributed by atoms with E-state index in [4.69, 9.17) is 9.25 Å². The molecule has 0 aromatic carbocycles. The first-order valence-electron chi connectivity index (χ1n) is 9.87. The van der Waals surface area contributed by atoms with Crippen molar-refractivity contribution in [3.05, 3.63) is 0 Å². The summed E-state index contributed by atoms with van der Waals surface area (Å²) >= 11 is 0. The molecule has 0 rings (SSSR count). The fourth-order valence-electron chi connectivity index (χ4n) is 2.41. The zero-order chi connectivity index (χ0) is 19.8. The van der Waals surface area contributed by atoms with Gasteiger partial charge in [-0.2, -0.15) is 0 Å². The number of hydrazine groups is 2. The maximum Gasteiger partial charge on any atom is 1.00 e. The van der Waals surface area contributed by atoms with Crippen molar-refractivity contribution < 1.29 is 44.8 Å². The molecule has 0 saturated heterocycles. The molecule has 0 heterocycles. The van der Waals surface area contributed by atoms with Crippen molar-refractivity contribution in [3.8, 4) is 0 Å². The summed E-state index contributed by atoms with van der Waals surface area (Å²) in [7, 11) is -2.31. The van der Waals surface area contributed by atoms with E-state index in [-0.39, 0.29) is 31.0 Å². The Labute approximate surface area is 190 Å². The topological polar surface area (TPSA) is 72.6 Å². The summed E-state index contributed by atoms with van der Waals surface area (Å²) in [4.78, 5) is 0. The summed E-state index contributed by atoms with van der Waals surface area (Å²) in [5, 5.41) is 13.8. The minimum absolute atomic E-state index is 0. The van der Waals surface area contributed by atoms with Crippen molar-refractivity contribution in [1.82, 2.24) is 31.0 Å². The van der Waals surface area contributed by atoms with Gasteiger partial charge in [-0.25, -0.2) is 10.0 Å². The quantitative estimate of drug-likeness (QED) is 0.125. The number of hydroxylamine groups is 2. The predicted octanol–water partition coefficient (Wildman–Crippen LogP) is -1.04. The van der Waals surface area contributed by atoms with E-state index in [2.05, 4.69) is 24.5 Å². The Hall–Kier alpha value is 0.780. The van der Waals surface area contributed by atoms with Crippen LogP contribution in [0.5, 0.6) is 0 Å². The molecule has 0 saturated carbocycles. The van der Waals surface area contributed by atoms with Crippen LogP contribution in [0.25, 0.3) is 0 Å². The van der Waals surface area contributed by atoms with E-state index < -0.39 is 8.25 Å². The Morgan fingerprint density at radius 1 is 0.741 bits per heavy atom. The second kappa shape index (κ2) is 20.1. The first-order valence-corrected chi connectivity index (χ1v) is 11.0. The van der Waals surface area contributed by atoms with Crippen LogP contribution in [0.3, 0.4) is 0 Å². The van der Waals surface area contributed by atoms with Crippen LogP contribution in [0.1, 0.15) is 43.0 Å². The van der Waals surface area contributed by atoms with Crippen LogP contribution in [0.4, 0.5) is 0 Å². The molecule has 0 aromatic rings. The number of rotatable bonds is 18. The average Bonchev–Trinajstić information content (AvgIpc) is 2.65. The van der Waals surface area contributed by atoms with Gasteiger partial charge in [-0.1, -0.05) is 38.0 Å². The third-order valence-corrected chi connectivity index (χ3v) is 4.46. The SMILES string of the molecule is CCNCCN(CC)N(CC)O[P+](=O)ON(CC)N(CC)CCNCC.[H-].[Na+]. The van der Waals surface area contributed by atoms with Gasteiger partial charge in [0.25, 0.3) is 0 Å². The summed E-state index contributed by atoms with van der Waals surface area (Å²) in [6.07, 6.45) is 0. The first-order chi connectivity index (χ1) is 12.6. The van der Waals surface area contributed by atoms with Gasteiger partial charge in [0.2, 0.25) is 0 Å². The molecule has 9 nitrogen and oxygen atoms in total. The smallest absolute Gasteiger partial charge is 1.00 e. The molecule has 11 heteroatoms. The molecule has 158 valence electrons. The van der Waals surface area contributed by atoms with Crippen molar-refractivity contribution in [2.45, 2.75) is 41.5 Å². The molecule has 0 aromatic heterocycles. The minimum atomic E-state index is -2.31. The summed E-state index contributed by atoms with van der Waals surface area (Å²) < 4.78 is 23.6. The number of nitrogens with one attached hydrogen (secondary N) is 2. The monoisotopic (exact) mass is 419 g/mol. The van der Waals surface area contributed by atoms with Gasteiger partial charge in [0, 0.05) is 56.9 Å². The summed E-state index contributed by atoms with van der Waals surface area (Å²) in [5.41, 5.74) is 0. The van der Waals surface area contributed by atoms with E-state index in [9.17, 15) is 4.57 Å². The van der Waals surface area contributed by atoms with Crippen molar-refractivity contribution in [2.75, 3.05) is 65.4 Å². The fraction of sp³-hybridized carbons (Fsp3) is 1.00. The van der Waals surface area contributed by atoms with E-state index in [0.717, 1.165) is 52.4 Å². The second-order valence-corrected chi connectivity index (χ2v) is 6.30. The molecule has 0 amide bonds. The maximum absolute atomic E-state index is 12.4. The van der Waals surface area contributed by atoms with Crippen LogP contribution >= 0.6 is 8.25 Å². The van der Waals surface area contributed by atoms with Crippen molar-refractivity contribution in [1.29, 1.82) is 0 Å². The van der Waals surface area contributed by atoms with E-state index in [1.807, 2.05) is 37.7 Å². The molecule has 0 radical (unpaired) electrons. The average molecular weight is 420 g/mol. The maximum atomic E-state index is 12.4. The number of hydrogen-bond acceptors (Lipinski definition) is 9. The number of hydrogen-bond donors (Lipinski definition) is 2. The van der Waals surface area contributed by atoms with Gasteiger partial charge in [-0.05, 0) is 36.2 Å². The van der Waals surface area contributed by atoms with Gasteiger partial charge < -0.3 is 12.1 Å². The molecular weight excluding hydrogens is 378 g/mol. The van der Waals surface area contributed by atoms with Crippen LogP contribution < -0.4 is 40.2 Å². The van der Waals surface area contributed by atoms with Gasteiger partial charge >= 0.3 is 37.8 Å². The zero-order valence-electron chi connectivity index (χ0n) is 19.5. The molecule has 0 unspecified atom stereocenters. The Morgan fingerprint density at radius 3 is 1.37 bits per heavy atom. The second-order valence-electron chi connectivity index (χ2n) is 5.52. The summed E-state index contributed by atoms with van der Waals surface area (Å²) in [5.74, 6) is 0. The van der Waals surface area contributed by atoms with Crippen LogP contribution in [-0.2, 0) is 13.8 Å². The molecule has 0 aliphatic rings. The van der Waals surface area contributed by atoms with E-state index in [1.165, 1.54) is 0 Å². The van der Waals surface area contributed by atoms with Gasteiger partial charge in [-0.15, -0.1) is 0 Å². The third-order valence-electron chi connectivity index (χ3n) is 3.82. The standard InChI is InChI=1S/C16H40N6O3P.Na.H/c1-7-17-13-15-19(9-3)21(11-5)24-26(23)25-22(12-6)20(10-4)16-14-18-8-2;;/h17-18H,7-16H2,1-6H3;;/q2*+1;-1. The predicted molar refractivity (Wildman–Crippen MR) is 107 cm³/mol. The number of likely N-dealkylation sites (N-methyl/N-ethyl adjacent to an activating group) is 4. The van der Waals surface area contributed by atoms with E-state index >= 15 is 0 Å². The van der Waals surface area contributed by atoms with Gasteiger partial charge in [0.1, 0.15) is 0 Å². The van der Waals surface area contributed by atoms with Crippen LogP contribution in [0, 0.1) is 0 Å². The Bertz CT molecular complexity index is 336. The molecule has 27 heavy (non-hydrogen) atoms. The Balaban J connectivity index is -0.00000312. The minimum Gasteiger partial charge on any atom is -1.00 e. The summed E-state index contributed by atoms with van der Waals surface area (Å²) in [6.45, 7) is 20.0.